The average Bonchev–Trinajstić information content (AvgIpc) is 2.54. The Kier molecular flexibility index (Phi) is 14.1. The summed E-state index contributed by atoms with van der Waals surface area (Å²) in [6, 6.07) is 0. The molecule has 2 N–H and O–H groups in total. The fraction of sp³-hybridized carbons (Fsp3) is 0.789. The zero-order chi connectivity index (χ0) is 18.2. The summed E-state index contributed by atoms with van der Waals surface area (Å²) in [6.45, 7) is 8.80. The Morgan fingerprint density at radius 1 is 0.875 bits per heavy atom. The lowest BCUT2D eigenvalue weighted by Crippen LogP contribution is -2.30. The molecule has 0 aromatic rings. The number of amides is 2. The molecule has 2 amide bonds. The van der Waals surface area contributed by atoms with Gasteiger partial charge in [-0.05, 0) is 33.1 Å². The Bertz CT molecular complexity index is 392. The van der Waals surface area contributed by atoms with Crippen LogP contribution in [0.1, 0.15) is 85.5 Å². The van der Waals surface area contributed by atoms with Gasteiger partial charge in [0, 0.05) is 17.8 Å². The average molecular weight is 341 g/mol. The molecule has 0 fully saturated rings. The molecule has 0 unspecified atom stereocenters. The molecule has 5 nitrogen and oxygen atoms in total. The van der Waals surface area contributed by atoms with Gasteiger partial charge < -0.3 is 10.1 Å². The number of rotatable bonds is 13. The Morgan fingerprint density at radius 3 is 2.12 bits per heavy atom. The summed E-state index contributed by atoms with van der Waals surface area (Å²) in [4.78, 5) is 24.0. The Balaban J connectivity index is 4.62. The van der Waals surface area contributed by atoms with E-state index in [2.05, 4.69) is 24.5 Å². The van der Waals surface area contributed by atoms with Gasteiger partial charge in [0.05, 0.1) is 6.61 Å². The van der Waals surface area contributed by atoms with Crippen molar-refractivity contribution in [2.75, 3.05) is 13.2 Å². The van der Waals surface area contributed by atoms with Gasteiger partial charge in [-0.3, -0.25) is 10.1 Å². The maximum atomic E-state index is 12.4. The molecular weight excluding hydrogens is 304 g/mol. The van der Waals surface area contributed by atoms with Crippen LogP contribution in [0.2, 0.25) is 0 Å². The third-order valence-corrected chi connectivity index (χ3v) is 3.89. The molecule has 0 aromatic carbocycles. The van der Waals surface area contributed by atoms with Gasteiger partial charge in [-0.2, -0.15) is 0 Å². The van der Waals surface area contributed by atoms with Crippen LogP contribution in [0, 0.1) is 0 Å². The van der Waals surface area contributed by atoms with E-state index in [4.69, 9.17) is 4.74 Å². The monoisotopic (exact) mass is 340 g/mol. The van der Waals surface area contributed by atoms with E-state index in [0.717, 1.165) is 25.7 Å². The molecule has 24 heavy (non-hydrogen) atoms. The van der Waals surface area contributed by atoms with E-state index in [9.17, 15) is 9.59 Å². The van der Waals surface area contributed by atoms with E-state index >= 15 is 0 Å². The number of ether oxygens (including phenoxy) is 1. The molecule has 0 bridgehead atoms. The summed E-state index contributed by atoms with van der Waals surface area (Å²) in [5, 5.41) is 5.61. The molecule has 140 valence electrons. The summed E-state index contributed by atoms with van der Waals surface area (Å²) >= 11 is 0. The van der Waals surface area contributed by atoms with Crippen LogP contribution in [0.25, 0.3) is 0 Å². The number of unbranched alkanes of at least 4 members (excludes halogenated alkanes) is 6. The number of hydrogen-bond acceptors (Lipinski definition) is 3. The largest absolute Gasteiger partial charge is 0.450 e. The minimum Gasteiger partial charge on any atom is -0.450 e. The van der Waals surface area contributed by atoms with E-state index in [1.165, 1.54) is 25.7 Å². The molecule has 0 atom stereocenters. The topological polar surface area (TPSA) is 67.4 Å². The highest BCUT2D eigenvalue weighted by atomic mass is 16.5. The number of allylic oxidation sites excluding steroid dienone is 1. The van der Waals surface area contributed by atoms with Gasteiger partial charge in [0.25, 0.3) is 0 Å². The van der Waals surface area contributed by atoms with Crippen LogP contribution in [0.15, 0.2) is 11.3 Å². The van der Waals surface area contributed by atoms with E-state index in [1.54, 1.807) is 13.8 Å². The molecule has 0 heterocycles. The van der Waals surface area contributed by atoms with Crippen molar-refractivity contribution >= 4 is 12.0 Å². The molecule has 0 spiro atoms. The summed E-state index contributed by atoms with van der Waals surface area (Å²) < 4.78 is 4.89. The molecule has 0 aliphatic heterocycles. The fourth-order valence-corrected chi connectivity index (χ4v) is 2.43. The number of nitrogens with one attached hydrogen (secondary N) is 2. The van der Waals surface area contributed by atoms with E-state index in [0.29, 0.717) is 30.8 Å². The van der Waals surface area contributed by atoms with Gasteiger partial charge in [0.1, 0.15) is 0 Å². The van der Waals surface area contributed by atoms with Crippen molar-refractivity contribution in [3.05, 3.63) is 11.3 Å². The molecule has 0 aromatic heterocycles. The molecule has 0 saturated carbocycles. The Labute approximate surface area is 147 Å². The highest BCUT2D eigenvalue weighted by Crippen LogP contribution is 2.15. The van der Waals surface area contributed by atoms with Crippen LogP contribution < -0.4 is 10.6 Å². The minimum absolute atomic E-state index is 0.0775. The van der Waals surface area contributed by atoms with Crippen molar-refractivity contribution in [3.63, 3.8) is 0 Å². The van der Waals surface area contributed by atoms with E-state index < -0.39 is 6.09 Å². The normalized spacial score (nSPS) is 11.7. The zero-order valence-electron chi connectivity index (χ0n) is 16.0. The lowest BCUT2D eigenvalue weighted by atomic mass is 10.0. The third kappa shape index (κ3) is 11.1. The van der Waals surface area contributed by atoms with Gasteiger partial charge in [-0.1, -0.05) is 52.4 Å². The SMILES string of the molecule is CCCCCCCC/C(C(=O)NCCCC)=C(\C)NC(=O)OCC. The molecule has 5 heteroatoms. The Morgan fingerprint density at radius 2 is 1.50 bits per heavy atom. The second kappa shape index (κ2) is 15.0. The Hall–Kier alpha value is -1.52. The van der Waals surface area contributed by atoms with Crippen molar-refractivity contribution < 1.29 is 14.3 Å². The second-order valence-corrected chi connectivity index (χ2v) is 6.08. The van der Waals surface area contributed by atoms with Crippen LogP contribution in [0.5, 0.6) is 0 Å². The van der Waals surface area contributed by atoms with Gasteiger partial charge >= 0.3 is 6.09 Å². The molecule has 0 radical (unpaired) electrons. The number of carbonyl (C=O) groups is 2. The number of alkyl carbamates (subject to hydrolysis) is 1. The first-order valence-corrected chi connectivity index (χ1v) is 9.48. The van der Waals surface area contributed by atoms with Gasteiger partial charge in [-0.15, -0.1) is 0 Å². The van der Waals surface area contributed by atoms with Crippen molar-refractivity contribution in [3.8, 4) is 0 Å². The number of hydrogen-bond donors (Lipinski definition) is 2. The molecule has 0 rings (SSSR count). The van der Waals surface area contributed by atoms with Crippen LogP contribution >= 0.6 is 0 Å². The highest BCUT2D eigenvalue weighted by Gasteiger charge is 2.14. The van der Waals surface area contributed by atoms with Gasteiger partial charge in [-0.25, -0.2) is 4.79 Å². The molecule has 0 aliphatic carbocycles. The van der Waals surface area contributed by atoms with Gasteiger partial charge in [0.2, 0.25) is 5.91 Å². The zero-order valence-corrected chi connectivity index (χ0v) is 16.0. The second-order valence-electron chi connectivity index (χ2n) is 6.08. The van der Waals surface area contributed by atoms with Crippen LogP contribution in [-0.2, 0) is 9.53 Å². The van der Waals surface area contributed by atoms with Crippen molar-refractivity contribution in [1.82, 2.24) is 10.6 Å². The maximum absolute atomic E-state index is 12.4. The third-order valence-electron chi connectivity index (χ3n) is 3.89. The van der Waals surface area contributed by atoms with Gasteiger partial charge in [0.15, 0.2) is 0 Å². The number of carbonyl (C=O) groups excluding carboxylic acids is 2. The summed E-state index contributed by atoms with van der Waals surface area (Å²) in [5.74, 6) is -0.0775. The first kappa shape index (κ1) is 22.5. The fourth-order valence-electron chi connectivity index (χ4n) is 2.43. The predicted octanol–water partition coefficient (Wildman–Crippen LogP) is 4.67. The lowest BCUT2D eigenvalue weighted by molar-refractivity contribution is -0.117. The summed E-state index contributed by atoms with van der Waals surface area (Å²) in [6.07, 6.45) is 9.19. The lowest BCUT2D eigenvalue weighted by Gasteiger charge is -2.14. The van der Waals surface area contributed by atoms with Crippen molar-refractivity contribution in [1.29, 1.82) is 0 Å². The van der Waals surface area contributed by atoms with E-state index in [1.807, 2.05) is 0 Å². The first-order valence-electron chi connectivity index (χ1n) is 9.48. The van der Waals surface area contributed by atoms with E-state index in [-0.39, 0.29) is 5.91 Å². The quantitative estimate of drug-likeness (QED) is 0.378. The first-order chi connectivity index (χ1) is 11.6. The highest BCUT2D eigenvalue weighted by molar-refractivity contribution is 5.94. The molecular formula is C19H36N2O3. The van der Waals surface area contributed by atoms with Crippen LogP contribution in [-0.4, -0.2) is 25.2 Å². The summed E-state index contributed by atoms with van der Waals surface area (Å²) in [5.41, 5.74) is 1.26. The molecule has 0 aliphatic rings. The van der Waals surface area contributed by atoms with Crippen LogP contribution in [0.3, 0.4) is 0 Å². The molecule has 0 saturated heterocycles. The smallest absolute Gasteiger partial charge is 0.411 e. The van der Waals surface area contributed by atoms with Crippen molar-refractivity contribution in [2.45, 2.75) is 85.5 Å². The van der Waals surface area contributed by atoms with Crippen LogP contribution in [0.4, 0.5) is 4.79 Å². The summed E-state index contributed by atoms with van der Waals surface area (Å²) in [7, 11) is 0. The minimum atomic E-state index is -0.503. The standard InChI is InChI=1S/C19H36N2O3/c1-5-8-10-11-12-13-14-17(18(22)20-15-9-6-2)16(4)21-19(23)24-7-3/h5-15H2,1-4H3,(H,20,22)(H,21,23)/b17-16-. The predicted molar refractivity (Wildman–Crippen MR) is 98.8 cm³/mol. The van der Waals surface area contributed by atoms with Crippen molar-refractivity contribution in [2.24, 2.45) is 0 Å². The maximum Gasteiger partial charge on any atom is 0.411 e.